The second-order valence-corrected chi connectivity index (χ2v) is 6.70. The maximum atomic E-state index is 11.9. The lowest BCUT2D eigenvalue weighted by Crippen LogP contribution is -2.47. The highest BCUT2D eigenvalue weighted by Gasteiger charge is 2.27. The van der Waals surface area contributed by atoms with Crippen molar-refractivity contribution in [3.8, 4) is 0 Å². The molecule has 0 amide bonds. The molecule has 1 aliphatic heterocycles. The van der Waals surface area contributed by atoms with Crippen LogP contribution in [0.3, 0.4) is 0 Å². The van der Waals surface area contributed by atoms with Crippen molar-refractivity contribution in [2.45, 2.75) is 32.7 Å². The predicted octanol–water partition coefficient (Wildman–Crippen LogP) is 2.74. The topological polar surface area (TPSA) is 70.3 Å². The van der Waals surface area contributed by atoms with Crippen molar-refractivity contribution in [2.24, 2.45) is 10.9 Å². The summed E-state index contributed by atoms with van der Waals surface area (Å²) in [6, 6.07) is 3.98. The van der Waals surface area contributed by atoms with E-state index < -0.39 is 0 Å². The molecule has 1 unspecified atom stereocenters. The Morgan fingerprint density at radius 3 is 2.63 bits per heavy atom. The summed E-state index contributed by atoms with van der Waals surface area (Å²) in [5, 5.41) is 3.37. The molecule has 154 valence electrons. The van der Waals surface area contributed by atoms with E-state index in [4.69, 9.17) is 14.1 Å². The number of hydrogen-bond acceptors (Lipinski definition) is 5. The molecule has 2 heterocycles. The Hall–Kier alpha value is -1.29. The van der Waals surface area contributed by atoms with E-state index in [0.717, 1.165) is 44.2 Å². The van der Waals surface area contributed by atoms with Crippen LogP contribution in [0, 0.1) is 5.92 Å². The van der Waals surface area contributed by atoms with Crippen LogP contribution in [-0.4, -0.2) is 68.6 Å². The van der Waals surface area contributed by atoms with E-state index in [1.54, 1.807) is 6.26 Å². The highest BCUT2D eigenvalue weighted by Crippen LogP contribution is 2.21. The van der Waals surface area contributed by atoms with E-state index in [1.165, 1.54) is 0 Å². The Kier molecular flexibility index (Phi) is 10.8. The molecule has 7 nitrogen and oxygen atoms in total. The quantitative estimate of drug-likeness (QED) is 0.273. The van der Waals surface area contributed by atoms with Crippen molar-refractivity contribution in [3.05, 3.63) is 24.2 Å². The van der Waals surface area contributed by atoms with Gasteiger partial charge in [-0.05, 0) is 52.9 Å². The van der Waals surface area contributed by atoms with Crippen LogP contribution in [0.5, 0.6) is 0 Å². The van der Waals surface area contributed by atoms with Crippen LogP contribution in [-0.2, 0) is 9.53 Å². The summed E-state index contributed by atoms with van der Waals surface area (Å²) >= 11 is 0. The van der Waals surface area contributed by atoms with Gasteiger partial charge in [-0.2, -0.15) is 0 Å². The maximum Gasteiger partial charge on any atom is 0.309 e. The Labute approximate surface area is 179 Å². The molecular weight excluding hydrogens is 459 g/mol. The number of ether oxygens (including phenoxy) is 1. The third-order valence-electron chi connectivity index (χ3n) is 4.66. The van der Waals surface area contributed by atoms with Gasteiger partial charge in [0.15, 0.2) is 5.96 Å². The zero-order valence-corrected chi connectivity index (χ0v) is 19.1. The average molecular weight is 492 g/mol. The number of rotatable bonds is 7. The number of piperidine rings is 1. The normalized spacial score (nSPS) is 16.8. The molecule has 0 spiro atoms. The number of hydrogen-bond donors (Lipinski definition) is 1. The lowest BCUT2D eigenvalue weighted by molar-refractivity contribution is -0.149. The summed E-state index contributed by atoms with van der Waals surface area (Å²) in [5.41, 5.74) is 0. The van der Waals surface area contributed by atoms with Gasteiger partial charge < -0.3 is 19.4 Å². The fourth-order valence-electron chi connectivity index (χ4n) is 3.17. The van der Waals surface area contributed by atoms with Gasteiger partial charge in [-0.15, -0.1) is 24.0 Å². The summed E-state index contributed by atoms with van der Waals surface area (Å²) in [7, 11) is 4.06. The monoisotopic (exact) mass is 492 g/mol. The minimum atomic E-state index is -0.0698. The number of aliphatic imine (C=N–C) groups is 1. The zero-order chi connectivity index (χ0) is 18.9. The number of likely N-dealkylation sites (tertiary alicyclic amines) is 1. The summed E-state index contributed by atoms with van der Waals surface area (Å²) in [6.07, 6.45) is 3.30. The smallest absolute Gasteiger partial charge is 0.309 e. The van der Waals surface area contributed by atoms with Crippen molar-refractivity contribution in [2.75, 3.05) is 46.9 Å². The number of carbonyl (C=O) groups is 1. The molecule has 1 aromatic rings. The van der Waals surface area contributed by atoms with Gasteiger partial charge in [-0.1, -0.05) is 0 Å². The van der Waals surface area contributed by atoms with Crippen LogP contribution in [0.1, 0.15) is 38.5 Å². The largest absolute Gasteiger partial charge is 0.468 e. The number of guanidine groups is 1. The fourth-order valence-corrected chi connectivity index (χ4v) is 3.17. The molecule has 0 aromatic carbocycles. The first kappa shape index (κ1) is 23.7. The molecular formula is C19H33IN4O3. The van der Waals surface area contributed by atoms with Crippen LogP contribution in [0.25, 0.3) is 0 Å². The number of nitrogens with zero attached hydrogens (tertiary/aromatic N) is 3. The molecule has 1 N–H and O–H groups in total. The zero-order valence-electron chi connectivity index (χ0n) is 16.8. The highest BCUT2D eigenvalue weighted by atomic mass is 127. The molecule has 0 aliphatic carbocycles. The fraction of sp³-hybridized carbons (Fsp3) is 0.684. The van der Waals surface area contributed by atoms with Crippen LogP contribution in [0.15, 0.2) is 27.8 Å². The first-order valence-electron chi connectivity index (χ1n) is 9.46. The van der Waals surface area contributed by atoms with E-state index in [-0.39, 0.29) is 41.9 Å². The molecule has 1 saturated heterocycles. The van der Waals surface area contributed by atoms with Gasteiger partial charge >= 0.3 is 5.97 Å². The molecule has 1 atom stereocenters. The van der Waals surface area contributed by atoms with Crippen LogP contribution >= 0.6 is 24.0 Å². The molecule has 0 saturated carbocycles. The number of nitrogens with one attached hydrogen (secondary N) is 1. The number of furan rings is 1. The molecule has 8 heteroatoms. The Morgan fingerprint density at radius 2 is 2.11 bits per heavy atom. The molecule has 27 heavy (non-hydrogen) atoms. The SMILES string of the molecule is CCNC(=NCC(c1ccco1)N(C)C)N1CCC(C(=O)OCC)CC1.I. The van der Waals surface area contributed by atoms with Gasteiger partial charge in [-0.3, -0.25) is 14.7 Å². The van der Waals surface area contributed by atoms with Crippen molar-refractivity contribution >= 4 is 35.9 Å². The number of carbonyl (C=O) groups excluding carboxylic acids is 1. The second-order valence-electron chi connectivity index (χ2n) is 6.70. The minimum Gasteiger partial charge on any atom is -0.468 e. The minimum absolute atomic E-state index is 0. The molecule has 1 aliphatic rings. The van der Waals surface area contributed by atoms with E-state index in [2.05, 4.69) is 22.0 Å². The van der Waals surface area contributed by atoms with Crippen molar-refractivity contribution in [3.63, 3.8) is 0 Å². The maximum absolute atomic E-state index is 11.9. The van der Waals surface area contributed by atoms with Crippen LogP contribution < -0.4 is 5.32 Å². The lowest BCUT2D eigenvalue weighted by Gasteiger charge is -2.33. The van der Waals surface area contributed by atoms with Gasteiger partial charge in [0, 0.05) is 19.6 Å². The number of esters is 1. The van der Waals surface area contributed by atoms with Crippen molar-refractivity contribution in [1.29, 1.82) is 0 Å². The lowest BCUT2D eigenvalue weighted by atomic mass is 9.97. The molecule has 0 bridgehead atoms. The summed E-state index contributed by atoms with van der Waals surface area (Å²) in [6.45, 7) is 7.40. The van der Waals surface area contributed by atoms with Gasteiger partial charge in [-0.25, -0.2) is 0 Å². The Balaban J connectivity index is 0.00000364. The van der Waals surface area contributed by atoms with Gasteiger partial charge in [0.2, 0.25) is 0 Å². The molecule has 0 radical (unpaired) electrons. The summed E-state index contributed by atoms with van der Waals surface area (Å²) in [4.78, 5) is 21.1. The Bertz CT molecular complexity index is 570. The highest BCUT2D eigenvalue weighted by molar-refractivity contribution is 14.0. The third kappa shape index (κ3) is 6.99. The molecule has 1 aromatic heterocycles. The number of halogens is 1. The van der Waals surface area contributed by atoms with Gasteiger partial charge in [0.1, 0.15) is 5.76 Å². The van der Waals surface area contributed by atoms with Gasteiger partial charge in [0.05, 0.1) is 31.4 Å². The van der Waals surface area contributed by atoms with E-state index >= 15 is 0 Å². The van der Waals surface area contributed by atoms with Crippen LogP contribution in [0.4, 0.5) is 0 Å². The Morgan fingerprint density at radius 1 is 1.41 bits per heavy atom. The van der Waals surface area contributed by atoms with E-state index in [1.807, 2.05) is 33.2 Å². The second kappa shape index (κ2) is 12.2. The summed E-state index contributed by atoms with van der Waals surface area (Å²) < 4.78 is 10.7. The third-order valence-corrected chi connectivity index (χ3v) is 4.66. The average Bonchev–Trinajstić information content (AvgIpc) is 3.15. The van der Waals surface area contributed by atoms with Crippen molar-refractivity contribution < 1.29 is 13.9 Å². The van der Waals surface area contributed by atoms with Crippen molar-refractivity contribution in [1.82, 2.24) is 15.1 Å². The first-order valence-corrected chi connectivity index (χ1v) is 9.46. The molecule has 2 rings (SSSR count). The van der Waals surface area contributed by atoms with Gasteiger partial charge in [0.25, 0.3) is 0 Å². The molecule has 1 fully saturated rings. The first-order chi connectivity index (χ1) is 12.6. The standard InChI is InChI=1S/C19H32N4O3.HI/c1-5-20-19(21-14-16(22(3)4)17-8-7-13-26-17)23-11-9-15(10-12-23)18(24)25-6-2;/h7-8,13,15-16H,5-6,9-12,14H2,1-4H3,(H,20,21);1H. The van der Waals surface area contributed by atoms with E-state index in [0.29, 0.717) is 13.2 Å². The van der Waals surface area contributed by atoms with Crippen LogP contribution in [0.2, 0.25) is 0 Å². The number of likely N-dealkylation sites (N-methyl/N-ethyl adjacent to an activating group) is 1. The van der Waals surface area contributed by atoms with E-state index in [9.17, 15) is 4.79 Å². The summed E-state index contributed by atoms with van der Waals surface area (Å²) in [5.74, 6) is 1.75. The predicted molar refractivity (Wildman–Crippen MR) is 117 cm³/mol.